The Kier molecular flexibility index (Phi) is 10.2. The van der Waals surface area contributed by atoms with E-state index in [1.165, 1.54) is 85.1 Å². The van der Waals surface area contributed by atoms with E-state index >= 15 is 0 Å². The van der Waals surface area contributed by atoms with Crippen LogP contribution < -0.4 is 41.5 Å². The van der Waals surface area contributed by atoms with Crippen LogP contribution in [0, 0.1) is 0 Å². The third kappa shape index (κ3) is 6.45. The first-order valence-corrected chi connectivity index (χ1v) is 28.3. The number of benzene rings is 11. The maximum absolute atomic E-state index is 3.08. The summed E-state index contributed by atoms with van der Waals surface area (Å²) >= 11 is 0. The van der Waals surface area contributed by atoms with E-state index in [1.807, 2.05) is 0 Å². The van der Waals surface area contributed by atoms with Gasteiger partial charge in [-0.2, -0.15) is 0 Å². The van der Waals surface area contributed by atoms with Crippen molar-refractivity contribution in [3.63, 3.8) is 0 Å². The molecule has 330 valence electrons. The zero-order chi connectivity index (χ0) is 46.5. The maximum atomic E-state index is 2.65. The minimum absolute atomic E-state index is 1.15. The minimum Gasteiger partial charge on any atom is -0.309 e. The van der Waals surface area contributed by atoms with Crippen LogP contribution in [0.1, 0.15) is 0 Å². The van der Waals surface area contributed by atoms with Crippen molar-refractivity contribution in [2.45, 2.75) is 0 Å². The van der Waals surface area contributed by atoms with Crippen LogP contribution in [0.2, 0.25) is 0 Å². The molecule has 0 atom stereocenters. The highest BCUT2D eigenvalue weighted by Gasteiger charge is 2.46. The summed E-state index contributed by atoms with van der Waals surface area (Å²) in [5.41, 5.74) is 7.07. The van der Waals surface area contributed by atoms with Gasteiger partial charge in [0.1, 0.15) is 0 Å². The van der Waals surface area contributed by atoms with Gasteiger partial charge in [-0.1, -0.05) is 243 Å². The van der Waals surface area contributed by atoms with E-state index in [2.05, 4.69) is 300 Å². The second-order valence-electron chi connectivity index (χ2n) is 18.4. The van der Waals surface area contributed by atoms with Gasteiger partial charge in [0.15, 0.2) is 16.1 Å². The van der Waals surface area contributed by atoms with Gasteiger partial charge in [-0.3, -0.25) is 0 Å². The number of para-hydroxylation sites is 3. The first-order chi connectivity index (χ1) is 34.7. The molecule has 0 spiro atoms. The Morgan fingerprint density at radius 2 is 0.457 bits per heavy atom. The summed E-state index contributed by atoms with van der Waals surface area (Å²) in [6, 6.07) is 110. The number of aromatic nitrogens is 2. The van der Waals surface area contributed by atoms with Crippen LogP contribution in [0.4, 0.5) is 0 Å². The quantitative estimate of drug-likeness (QED) is 0.0956. The first kappa shape index (κ1) is 41.6. The Balaban J connectivity index is 1.19. The van der Waals surface area contributed by atoms with Crippen molar-refractivity contribution >= 4 is 101 Å². The van der Waals surface area contributed by atoms with Crippen LogP contribution in [-0.2, 0) is 0 Å². The van der Waals surface area contributed by atoms with Crippen molar-refractivity contribution in [1.82, 2.24) is 9.13 Å². The zero-order valence-corrected chi connectivity index (χ0v) is 40.6. The smallest absolute Gasteiger partial charge is 0.179 e. The fourth-order valence-corrected chi connectivity index (χ4v) is 21.7. The molecule has 0 aliphatic rings. The molecule has 0 N–H and O–H groups in total. The van der Waals surface area contributed by atoms with Crippen LogP contribution in [0.3, 0.4) is 0 Å². The molecule has 13 rings (SSSR count). The molecule has 0 unspecified atom stereocenters. The van der Waals surface area contributed by atoms with Crippen molar-refractivity contribution in [2.75, 3.05) is 0 Å². The summed E-state index contributed by atoms with van der Waals surface area (Å²) in [6.45, 7) is 0. The lowest BCUT2D eigenvalue weighted by Gasteiger charge is -2.38. The second-order valence-corrected chi connectivity index (χ2v) is 26.0. The molecule has 70 heavy (non-hydrogen) atoms. The van der Waals surface area contributed by atoms with Crippen molar-refractivity contribution in [3.8, 4) is 11.4 Å². The van der Waals surface area contributed by atoms with Gasteiger partial charge in [-0.15, -0.1) is 0 Å². The second kappa shape index (κ2) is 17.2. The zero-order valence-electron chi connectivity index (χ0n) is 38.6. The number of rotatable bonds is 10. The molecule has 4 heteroatoms. The average Bonchev–Trinajstić information content (AvgIpc) is 3.96. The lowest BCUT2D eigenvalue weighted by atomic mass is 10.1. The van der Waals surface area contributed by atoms with Gasteiger partial charge in [0, 0.05) is 32.9 Å². The molecule has 0 fully saturated rings. The molecule has 2 aromatic heterocycles. The summed E-state index contributed by atoms with van der Waals surface area (Å²) in [4.78, 5) is 0. The van der Waals surface area contributed by atoms with Crippen LogP contribution in [-0.4, -0.2) is 25.3 Å². The monoisotopic (exact) mass is 924 g/mol. The standard InChI is InChI=1S/C66H48N2Si2/c1-7-25-51(26-8-1)69(52-27-9-2-10-28-52,53-29-11-3-12-30-53)57-45-50(46-58(48-57)70(54-31-13-4-14-32-54,55-33-15-5-16-34-55)56-35-17-6-18-36-56)68-65-42-24-21-39-61(65)62-47-49(43-44-66(62)68)67-63-40-22-19-37-59(63)60-38-20-23-41-64(60)67/h1-48H. The summed E-state index contributed by atoms with van der Waals surface area (Å²) in [7, 11) is -6.17. The Hall–Kier alpha value is -8.55. The molecule has 0 radical (unpaired) electrons. The number of nitrogens with zero attached hydrogens (tertiary/aromatic N) is 2. The molecule has 13 aromatic rings. The van der Waals surface area contributed by atoms with Crippen molar-refractivity contribution in [1.29, 1.82) is 0 Å². The molecular formula is C66H48N2Si2. The van der Waals surface area contributed by atoms with E-state index in [0.717, 1.165) is 11.4 Å². The van der Waals surface area contributed by atoms with E-state index in [9.17, 15) is 0 Å². The lowest BCUT2D eigenvalue weighted by Crippen LogP contribution is -2.78. The molecule has 0 aliphatic heterocycles. The van der Waals surface area contributed by atoms with Gasteiger partial charge in [0.05, 0.1) is 22.1 Å². The number of fused-ring (bicyclic) bond motifs is 6. The van der Waals surface area contributed by atoms with Crippen molar-refractivity contribution in [2.24, 2.45) is 0 Å². The summed E-state index contributed by atoms with van der Waals surface area (Å²) in [5, 5.41) is 15.7. The Bertz CT molecular complexity index is 3590. The van der Waals surface area contributed by atoms with Crippen molar-refractivity contribution in [3.05, 3.63) is 291 Å². The van der Waals surface area contributed by atoms with Crippen LogP contribution in [0.5, 0.6) is 0 Å². The SMILES string of the molecule is c1ccc([Si](c2ccccc2)(c2ccccc2)c2cc(-n3c4ccccc4c4cc(-n5c6ccccc6c6ccccc65)ccc43)cc([Si](c3ccccc3)(c3ccccc3)c3ccccc3)c2)cc1. The largest absolute Gasteiger partial charge is 0.309 e. The van der Waals surface area contributed by atoms with E-state index in [0.29, 0.717) is 0 Å². The highest BCUT2D eigenvalue weighted by atomic mass is 28.3. The lowest BCUT2D eigenvalue weighted by molar-refractivity contribution is 1.17. The van der Waals surface area contributed by atoms with Gasteiger partial charge in [0.2, 0.25) is 0 Å². The Labute approximate surface area is 410 Å². The van der Waals surface area contributed by atoms with Gasteiger partial charge in [0.25, 0.3) is 0 Å². The minimum atomic E-state index is -3.08. The molecular weight excluding hydrogens is 877 g/mol. The molecule has 0 bridgehead atoms. The molecule has 11 aromatic carbocycles. The maximum Gasteiger partial charge on any atom is 0.179 e. The van der Waals surface area contributed by atoms with E-state index < -0.39 is 16.1 Å². The summed E-state index contributed by atoms with van der Waals surface area (Å²) < 4.78 is 5.00. The van der Waals surface area contributed by atoms with Gasteiger partial charge >= 0.3 is 0 Å². The molecule has 2 nitrogen and oxygen atoms in total. The topological polar surface area (TPSA) is 9.86 Å². The molecule has 0 saturated carbocycles. The average molecular weight is 925 g/mol. The highest BCUT2D eigenvalue weighted by molar-refractivity contribution is 7.22. The summed E-state index contributed by atoms with van der Waals surface area (Å²) in [5.74, 6) is 0. The van der Waals surface area contributed by atoms with Crippen LogP contribution in [0.25, 0.3) is 55.0 Å². The molecule has 0 amide bonds. The van der Waals surface area contributed by atoms with Crippen LogP contribution in [0.15, 0.2) is 291 Å². The predicted octanol–water partition coefficient (Wildman–Crippen LogP) is 10.6. The van der Waals surface area contributed by atoms with E-state index in [-0.39, 0.29) is 0 Å². The van der Waals surface area contributed by atoms with E-state index in [1.54, 1.807) is 0 Å². The third-order valence-corrected chi connectivity index (χ3v) is 24.3. The van der Waals surface area contributed by atoms with Gasteiger partial charge < -0.3 is 9.13 Å². The fraction of sp³-hybridized carbons (Fsp3) is 0. The van der Waals surface area contributed by atoms with Gasteiger partial charge in [-0.05, 0) is 90.0 Å². The van der Waals surface area contributed by atoms with E-state index in [4.69, 9.17) is 0 Å². The van der Waals surface area contributed by atoms with Crippen molar-refractivity contribution < 1.29 is 0 Å². The molecule has 0 saturated heterocycles. The number of hydrogen-bond acceptors (Lipinski definition) is 0. The Morgan fingerprint density at radius 3 is 0.800 bits per heavy atom. The first-order valence-electron chi connectivity index (χ1n) is 24.3. The summed E-state index contributed by atoms with van der Waals surface area (Å²) in [6.07, 6.45) is 0. The normalized spacial score (nSPS) is 12.0. The van der Waals surface area contributed by atoms with Gasteiger partial charge in [-0.25, -0.2) is 0 Å². The molecule has 0 aliphatic carbocycles. The molecule has 2 heterocycles. The third-order valence-electron chi connectivity index (χ3n) is 14.8. The Morgan fingerprint density at radius 1 is 0.186 bits per heavy atom. The number of hydrogen-bond donors (Lipinski definition) is 0. The fourth-order valence-electron chi connectivity index (χ4n) is 11.9. The van der Waals surface area contributed by atoms with Crippen LogP contribution >= 0.6 is 0 Å². The highest BCUT2D eigenvalue weighted by Crippen LogP contribution is 2.37. The predicted molar refractivity (Wildman–Crippen MR) is 302 cm³/mol.